The highest BCUT2D eigenvalue weighted by atomic mass is 32.1. The van der Waals surface area contributed by atoms with Crippen molar-refractivity contribution in [3.8, 4) is 11.3 Å². The summed E-state index contributed by atoms with van der Waals surface area (Å²) in [5, 5.41) is 9.96. The van der Waals surface area contributed by atoms with E-state index in [0.717, 1.165) is 22.3 Å². The zero-order chi connectivity index (χ0) is 24.2. The average molecular weight is 480 g/mol. The van der Waals surface area contributed by atoms with Gasteiger partial charge in [-0.15, -0.1) is 11.3 Å². The molecule has 0 spiro atoms. The van der Waals surface area contributed by atoms with Gasteiger partial charge in [0, 0.05) is 33.4 Å². The number of nitrogens with zero attached hydrogens (tertiary/aromatic N) is 1. The lowest BCUT2D eigenvalue weighted by Gasteiger charge is -2.14. The Kier molecular flexibility index (Phi) is 7.32. The Morgan fingerprint density at radius 3 is 2.55 bits per heavy atom. The summed E-state index contributed by atoms with van der Waals surface area (Å²) < 4.78 is 51.2. The zero-order valence-corrected chi connectivity index (χ0v) is 18.5. The van der Waals surface area contributed by atoms with Gasteiger partial charge >= 0.3 is 6.18 Å². The number of alkyl halides is 3. The Morgan fingerprint density at radius 1 is 1.12 bits per heavy atom. The van der Waals surface area contributed by atoms with Crippen LogP contribution in [0.1, 0.15) is 20.9 Å². The maximum Gasteiger partial charge on any atom is 0.405 e. The summed E-state index contributed by atoms with van der Waals surface area (Å²) in [6.45, 7) is 1.53. The van der Waals surface area contributed by atoms with Crippen molar-refractivity contribution in [1.29, 1.82) is 0 Å². The molecule has 3 rings (SSSR count). The van der Waals surface area contributed by atoms with Crippen LogP contribution in [0.2, 0.25) is 0 Å². The van der Waals surface area contributed by atoms with Crippen LogP contribution in [0.5, 0.6) is 0 Å². The van der Waals surface area contributed by atoms with Gasteiger partial charge in [-0.1, -0.05) is 12.1 Å². The number of thiazole rings is 1. The number of anilines is 2. The van der Waals surface area contributed by atoms with E-state index in [0.29, 0.717) is 5.69 Å². The van der Waals surface area contributed by atoms with Crippen molar-refractivity contribution in [3.05, 3.63) is 63.7 Å². The van der Waals surface area contributed by atoms with Crippen LogP contribution < -0.4 is 16.0 Å². The Balaban J connectivity index is 1.65. The number of nitrogens with one attached hydrogen (secondary N) is 3. The highest BCUT2D eigenvalue weighted by molar-refractivity contribution is 7.09. The first kappa shape index (κ1) is 24.2. The van der Waals surface area contributed by atoms with E-state index < -0.39 is 30.4 Å². The standard InChI is InChI=1S/C22H20F4N4O2S/c1-12-17(23)7-15(21(32)28-11-22(24,25)26)8-18(12)27-9-20(31)30-16-5-3-4-14(6-16)19-10-33-13(2)29-19/h3-8,10,27H,9,11H2,1-2H3,(H,28,32)(H,30,31). The molecule has 0 radical (unpaired) electrons. The number of carbonyl (C=O) groups excluding carboxylic acids is 2. The van der Waals surface area contributed by atoms with E-state index in [1.807, 2.05) is 18.4 Å². The molecule has 2 amide bonds. The van der Waals surface area contributed by atoms with Gasteiger partial charge in [0.25, 0.3) is 5.91 Å². The SMILES string of the molecule is Cc1nc(-c2cccc(NC(=O)CNc3cc(C(=O)NCC(F)(F)F)cc(F)c3C)c2)cs1. The number of hydrogen-bond acceptors (Lipinski definition) is 5. The van der Waals surface area contributed by atoms with Crippen LogP contribution in [0.15, 0.2) is 41.8 Å². The summed E-state index contributed by atoms with van der Waals surface area (Å²) in [7, 11) is 0. The highest BCUT2D eigenvalue weighted by Gasteiger charge is 2.28. The summed E-state index contributed by atoms with van der Waals surface area (Å²) >= 11 is 1.51. The van der Waals surface area contributed by atoms with Gasteiger partial charge in [-0.2, -0.15) is 13.2 Å². The molecule has 0 saturated heterocycles. The molecule has 2 aromatic carbocycles. The first-order valence-electron chi connectivity index (χ1n) is 9.73. The topological polar surface area (TPSA) is 83.1 Å². The molecule has 11 heteroatoms. The van der Waals surface area contributed by atoms with Crippen molar-refractivity contribution in [2.75, 3.05) is 23.7 Å². The summed E-state index contributed by atoms with van der Waals surface area (Å²) in [6.07, 6.45) is -4.59. The number of amides is 2. The Morgan fingerprint density at radius 2 is 1.88 bits per heavy atom. The van der Waals surface area contributed by atoms with Crippen LogP contribution in [0, 0.1) is 19.7 Å². The quantitative estimate of drug-likeness (QED) is 0.420. The maximum atomic E-state index is 14.2. The Bertz CT molecular complexity index is 1180. The number of halogens is 4. The first-order valence-corrected chi connectivity index (χ1v) is 10.6. The number of aryl methyl sites for hydroxylation is 1. The van der Waals surface area contributed by atoms with Gasteiger partial charge in [-0.3, -0.25) is 9.59 Å². The number of aromatic nitrogens is 1. The lowest BCUT2D eigenvalue weighted by molar-refractivity contribution is -0.123. The average Bonchev–Trinajstić information content (AvgIpc) is 3.19. The second-order valence-corrected chi connectivity index (χ2v) is 8.23. The van der Waals surface area contributed by atoms with Crippen molar-refractivity contribution in [2.45, 2.75) is 20.0 Å². The molecule has 0 aliphatic rings. The lowest BCUT2D eigenvalue weighted by Crippen LogP contribution is -2.33. The molecule has 0 unspecified atom stereocenters. The predicted octanol–water partition coefficient (Wildman–Crippen LogP) is 4.91. The van der Waals surface area contributed by atoms with E-state index in [9.17, 15) is 27.2 Å². The van der Waals surface area contributed by atoms with E-state index in [1.165, 1.54) is 24.3 Å². The maximum absolute atomic E-state index is 14.2. The molecule has 3 N–H and O–H groups in total. The van der Waals surface area contributed by atoms with Crippen LogP contribution in [0.3, 0.4) is 0 Å². The summed E-state index contributed by atoms with van der Waals surface area (Å²) in [4.78, 5) is 28.7. The number of rotatable bonds is 7. The number of benzene rings is 2. The van der Waals surface area contributed by atoms with Gasteiger partial charge < -0.3 is 16.0 Å². The monoisotopic (exact) mass is 480 g/mol. The van der Waals surface area contributed by atoms with Gasteiger partial charge in [0.2, 0.25) is 5.91 Å². The van der Waals surface area contributed by atoms with E-state index in [1.54, 1.807) is 23.5 Å². The Labute approximate surface area is 191 Å². The third-order valence-corrected chi connectivity index (χ3v) is 5.33. The van der Waals surface area contributed by atoms with Gasteiger partial charge in [-0.25, -0.2) is 9.37 Å². The molecular formula is C22H20F4N4O2S. The van der Waals surface area contributed by atoms with E-state index in [2.05, 4.69) is 15.6 Å². The predicted molar refractivity (Wildman–Crippen MR) is 119 cm³/mol. The normalized spacial score (nSPS) is 11.2. The fourth-order valence-electron chi connectivity index (χ4n) is 2.91. The van der Waals surface area contributed by atoms with Crippen molar-refractivity contribution < 1.29 is 27.2 Å². The minimum Gasteiger partial charge on any atom is -0.376 e. The third-order valence-electron chi connectivity index (χ3n) is 4.56. The molecule has 6 nitrogen and oxygen atoms in total. The highest BCUT2D eigenvalue weighted by Crippen LogP contribution is 2.25. The molecule has 3 aromatic rings. The molecule has 0 aliphatic heterocycles. The van der Waals surface area contributed by atoms with Crippen LogP contribution in [-0.2, 0) is 4.79 Å². The largest absolute Gasteiger partial charge is 0.405 e. The van der Waals surface area contributed by atoms with Gasteiger partial charge in [0.15, 0.2) is 0 Å². The molecule has 0 aliphatic carbocycles. The van der Waals surface area contributed by atoms with Gasteiger partial charge in [0.05, 0.1) is 17.2 Å². The van der Waals surface area contributed by atoms with Crippen molar-refractivity contribution in [2.24, 2.45) is 0 Å². The molecule has 33 heavy (non-hydrogen) atoms. The first-order chi connectivity index (χ1) is 15.5. The number of carbonyl (C=O) groups is 2. The van der Waals surface area contributed by atoms with E-state index in [-0.39, 0.29) is 23.4 Å². The van der Waals surface area contributed by atoms with Crippen LogP contribution in [-0.4, -0.2) is 36.1 Å². The molecular weight excluding hydrogens is 460 g/mol. The molecule has 1 heterocycles. The smallest absolute Gasteiger partial charge is 0.376 e. The second kappa shape index (κ2) is 9.99. The molecule has 0 fully saturated rings. The van der Waals surface area contributed by atoms with Crippen molar-refractivity contribution in [1.82, 2.24) is 10.3 Å². The van der Waals surface area contributed by atoms with Crippen molar-refractivity contribution in [3.63, 3.8) is 0 Å². The minimum atomic E-state index is -4.59. The van der Waals surface area contributed by atoms with Gasteiger partial charge in [-0.05, 0) is 38.1 Å². The third kappa shape index (κ3) is 6.75. The van der Waals surface area contributed by atoms with E-state index in [4.69, 9.17) is 0 Å². The summed E-state index contributed by atoms with van der Waals surface area (Å²) in [6, 6.07) is 9.15. The second-order valence-electron chi connectivity index (χ2n) is 7.16. The molecule has 0 bridgehead atoms. The minimum absolute atomic E-state index is 0.119. The van der Waals surface area contributed by atoms with Crippen LogP contribution in [0.25, 0.3) is 11.3 Å². The summed E-state index contributed by atoms with van der Waals surface area (Å²) in [5.74, 6) is -2.30. The summed E-state index contributed by atoms with van der Waals surface area (Å²) in [5.41, 5.74) is 2.11. The zero-order valence-electron chi connectivity index (χ0n) is 17.6. The fraction of sp³-hybridized carbons (Fsp3) is 0.227. The number of hydrogen-bond donors (Lipinski definition) is 3. The van der Waals surface area contributed by atoms with Crippen LogP contribution >= 0.6 is 11.3 Å². The molecule has 0 saturated carbocycles. The Hall–Kier alpha value is -3.47. The fourth-order valence-corrected chi connectivity index (χ4v) is 3.53. The lowest BCUT2D eigenvalue weighted by atomic mass is 10.1. The van der Waals surface area contributed by atoms with E-state index >= 15 is 0 Å². The molecule has 1 aromatic heterocycles. The van der Waals surface area contributed by atoms with Gasteiger partial charge in [0.1, 0.15) is 12.4 Å². The van der Waals surface area contributed by atoms with Crippen molar-refractivity contribution >= 4 is 34.5 Å². The molecule has 174 valence electrons. The van der Waals surface area contributed by atoms with Crippen LogP contribution in [0.4, 0.5) is 28.9 Å². The molecule has 0 atom stereocenters.